The van der Waals surface area contributed by atoms with Crippen molar-refractivity contribution in [1.82, 2.24) is 14.5 Å². The lowest BCUT2D eigenvalue weighted by atomic mass is 10.1. The number of benzene rings is 1. The number of amides is 2. The van der Waals surface area contributed by atoms with Crippen LogP contribution in [0.4, 0.5) is 5.69 Å². The van der Waals surface area contributed by atoms with E-state index in [4.69, 9.17) is 11.6 Å². The van der Waals surface area contributed by atoms with Gasteiger partial charge >= 0.3 is 0 Å². The van der Waals surface area contributed by atoms with Crippen LogP contribution in [0.1, 0.15) is 53.5 Å². The van der Waals surface area contributed by atoms with Crippen LogP contribution in [0.2, 0.25) is 5.02 Å². The summed E-state index contributed by atoms with van der Waals surface area (Å²) in [5.74, 6) is -0.147. The maximum atomic E-state index is 12.8. The van der Waals surface area contributed by atoms with E-state index < -0.39 is 0 Å². The topological polar surface area (TPSA) is 67.2 Å². The zero-order valence-corrected chi connectivity index (χ0v) is 15.8. The second-order valence-corrected chi connectivity index (χ2v) is 6.72. The largest absolute Gasteiger partial charge is 0.338 e. The predicted molar refractivity (Wildman–Crippen MR) is 102 cm³/mol. The number of hydrogen-bond donors (Lipinski definition) is 1. The molecular weight excluding hydrogens is 352 g/mol. The summed E-state index contributed by atoms with van der Waals surface area (Å²) >= 11 is 5.98. The van der Waals surface area contributed by atoms with Crippen molar-refractivity contribution in [3.8, 4) is 0 Å². The molecule has 2 amide bonds. The fraction of sp³-hybridized carbons (Fsp3) is 0.421. The summed E-state index contributed by atoms with van der Waals surface area (Å²) in [5.41, 5.74) is 1.88. The number of carbonyl (C=O) groups is 2. The summed E-state index contributed by atoms with van der Waals surface area (Å²) in [4.78, 5) is 31.8. The summed E-state index contributed by atoms with van der Waals surface area (Å²) in [7, 11) is 0. The molecule has 0 atom stereocenters. The third-order valence-corrected chi connectivity index (χ3v) is 4.89. The Morgan fingerprint density at radius 2 is 2.04 bits per heavy atom. The Morgan fingerprint density at radius 1 is 1.27 bits per heavy atom. The molecule has 0 bridgehead atoms. The second kappa shape index (κ2) is 7.91. The van der Waals surface area contributed by atoms with E-state index in [9.17, 15) is 9.59 Å². The Bertz CT molecular complexity index is 827. The van der Waals surface area contributed by atoms with E-state index in [1.165, 1.54) is 0 Å². The fourth-order valence-electron chi connectivity index (χ4n) is 3.30. The molecule has 1 aromatic carbocycles. The van der Waals surface area contributed by atoms with Gasteiger partial charge in [0, 0.05) is 30.3 Å². The summed E-state index contributed by atoms with van der Waals surface area (Å²) in [6, 6.07) is 6.97. The lowest BCUT2D eigenvalue weighted by molar-refractivity contribution is 0.0766. The van der Waals surface area contributed by atoms with E-state index >= 15 is 0 Å². The molecule has 2 heterocycles. The molecule has 0 fully saturated rings. The second-order valence-electron chi connectivity index (χ2n) is 6.28. The van der Waals surface area contributed by atoms with Gasteiger partial charge in [-0.2, -0.15) is 0 Å². The van der Waals surface area contributed by atoms with E-state index in [0.29, 0.717) is 36.0 Å². The van der Waals surface area contributed by atoms with Crippen molar-refractivity contribution >= 4 is 29.1 Å². The van der Waals surface area contributed by atoms with Crippen LogP contribution in [0.3, 0.4) is 0 Å². The van der Waals surface area contributed by atoms with E-state index in [-0.39, 0.29) is 17.6 Å². The first-order valence-electron chi connectivity index (χ1n) is 9.00. The zero-order chi connectivity index (χ0) is 18.7. The van der Waals surface area contributed by atoms with Crippen LogP contribution >= 0.6 is 11.6 Å². The van der Waals surface area contributed by atoms with Crippen molar-refractivity contribution in [3.05, 3.63) is 46.5 Å². The van der Waals surface area contributed by atoms with Gasteiger partial charge in [-0.15, -0.1) is 0 Å². The molecule has 2 aromatic rings. The van der Waals surface area contributed by atoms with Crippen molar-refractivity contribution in [2.45, 2.75) is 39.7 Å². The third-order valence-electron chi connectivity index (χ3n) is 4.66. The molecule has 6 nitrogen and oxygen atoms in total. The number of hydrogen-bond acceptors (Lipinski definition) is 3. The summed E-state index contributed by atoms with van der Waals surface area (Å²) in [6.45, 7) is 5.82. The van der Waals surface area contributed by atoms with Gasteiger partial charge in [-0.3, -0.25) is 9.59 Å². The molecule has 1 aromatic heterocycles. The van der Waals surface area contributed by atoms with Crippen molar-refractivity contribution in [1.29, 1.82) is 0 Å². The molecule has 0 aliphatic carbocycles. The normalized spacial score (nSPS) is 13.2. The molecule has 1 N–H and O–H groups in total. The molecule has 3 rings (SSSR count). The molecule has 1 aliphatic rings. The number of anilines is 1. The van der Waals surface area contributed by atoms with Crippen LogP contribution in [0, 0.1) is 0 Å². The Balaban J connectivity index is 1.94. The lowest BCUT2D eigenvalue weighted by Gasteiger charge is -2.20. The fourth-order valence-corrected chi connectivity index (χ4v) is 3.49. The van der Waals surface area contributed by atoms with E-state index in [0.717, 1.165) is 25.0 Å². The number of carbonyl (C=O) groups excluding carboxylic acids is 2. The van der Waals surface area contributed by atoms with E-state index in [1.807, 2.05) is 18.4 Å². The average Bonchev–Trinajstić information content (AvgIpc) is 3.02. The van der Waals surface area contributed by atoms with Gasteiger partial charge in [-0.25, -0.2) is 4.98 Å². The molecule has 138 valence electrons. The summed E-state index contributed by atoms with van der Waals surface area (Å²) < 4.78 is 1.89. The number of nitrogens with zero attached hydrogens (tertiary/aromatic N) is 3. The van der Waals surface area contributed by atoms with Crippen LogP contribution in [-0.4, -0.2) is 39.4 Å². The molecule has 0 saturated carbocycles. The highest BCUT2D eigenvalue weighted by Gasteiger charge is 2.29. The maximum Gasteiger partial charge on any atom is 0.291 e. The molecular formula is C19H23ClN4O2. The van der Waals surface area contributed by atoms with Crippen molar-refractivity contribution in [2.75, 3.05) is 18.4 Å². The lowest BCUT2D eigenvalue weighted by Crippen LogP contribution is -2.31. The minimum Gasteiger partial charge on any atom is -0.338 e. The number of aromatic nitrogens is 2. The highest BCUT2D eigenvalue weighted by atomic mass is 35.5. The van der Waals surface area contributed by atoms with Gasteiger partial charge in [0.1, 0.15) is 5.69 Å². The van der Waals surface area contributed by atoms with Crippen LogP contribution in [0.25, 0.3) is 0 Å². The van der Waals surface area contributed by atoms with Gasteiger partial charge in [0.05, 0.1) is 5.69 Å². The quantitative estimate of drug-likeness (QED) is 0.869. The molecule has 1 aliphatic heterocycles. The van der Waals surface area contributed by atoms with E-state index in [2.05, 4.69) is 10.3 Å². The van der Waals surface area contributed by atoms with Gasteiger partial charge in [0.25, 0.3) is 11.8 Å². The first-order valence-corrected chi connectivity index (χ1v) is 9.38. The van der Waals surface area contributed by atoms with Crippen LogP contribution in [0.5, 0.6) is 0 Å². The van der Waals surface area contributed by atoms with Gasteiger partial charge in [0.15, 0.2) is 5.82 Å². The molecule has 0 spiro atoms. The van der Waals surface area contributed by atoms with Crippen LogP contribution in [-0.2, 0) is 13.0 Å². The highest BCUT2D eigenvalue weighted by molar-refractivity contribution is 6.30. The summed E-state index contributed by atoms with van der Waals surface area (Å²) in [6.07, 6.45) is 2.74. The van der Waals surface area contributed by atoms with Gasteiger partial charge in [-0.1, -0.05) is 17.7 Å². The first-order chi connectivity index (χ1) is 12.5. The molecule has 26 heavy (non-hydrogen) atoms. The van der Waals surface area contributed by atoms with Crippen molar-refractivity contribution in [3.63, 3.8) is 0 Å². The number of halogens is 1. The number of fused-ring (bicyclic) bond motifs is 1. The Morgan fingerprint density at radius 3 is 2.73 bits per heavy atom. The standard InChI is InChI=1S/C19H23ClN4O2/c1-3-23(4-2)19(26)16-15-10-5-6-11-24(15)17(22-16)18(25)21-14-9-7-8-13(20)12-14/h7-9,12H,3-6,10-11H2,1-2H3,(H,21,25). The Labute approximate surface area is 158 Å². The average molecular weight is 375 g/mol. The molecule has 7 heteroatoms. The minimum absolute atomic E-state index is 0.109. The highest BCUT2D eigenvalue weighted by Crippen LogP contribution is 2.23. The SMILES string of the molecule is CCN(CC)C(=O)c1nc(C(=O)Nc2cccc(Cl)c2)n2c1CCCC2. The smallest absolute Gasteiger partial charge is 0.291 e. The van der Waals surface area contributed by atoms with Gasteiger partial charge in [-0.05, 0) is 51.3 Å². The number of nitrogens with one attached hydrogen (secondary N) is 1. The van der Waals surface area contributed by atoms with Gasteiger partial charge in [0.2, 0.25) is 0 Å². The predicted octanol–water partition coefficient (Wildman–Crippen LogP) is 3.61. The Hall–Kier alpha value is -2.34. The van der Waals surface area contributed by atoms with Crippen molar-refractivity contribution in [2.24, 2.45) is 0 Å². The minimum atomic E-state index is -0.325. The molecule has 0 saturated heterocycles. The number of rotatable bonds is 5. The number of imidazole rings is 1. The van der Waals surface area contributed by atoms with E-state index in [1.54, 1.807) is 29.2 Å². The zero-order valence-electron chi connectivity index (χ0n) is 15.1. The monoisotopic (exact) mass is 374 g/mol. The van der Waals surface area contributed by atoms with Gasteiger partial charge < -0.3 is 14.8 Å². The maximum absolute atomic E-state index is 12.8. The Kier molecular flexibility index (Phi) is 5.61. The summed E-state index contributed by atoms with van der Waals surface area (Å²) in [5, 5.41) is 3.37. The van der Waals surface area contributed by atoms with Crippen molar-refractivity contribution < 1.29 is 9.59 Å². The van der Waals surface area contributed by atoms with Crippen LogP contribution in [0.15, 0.2) is 24.3 Å². The van der Waals surface area contributed by atoms with Crippen LogP contribution < -0.4 is 5.32 Å². The molecule has 0 unspecified atom stereocenters. The molecule has 0 radical (unpaired) electrons. The first kappa shape index (κ1) is 18.5. The third kappa shape index (κ3) is 3.60.